The van der Waals surface area contributed by atoms with Crippen LogP contribution >= 0.6 is 11.8 Å². The van der Waals surface area contributed by atoms with Crippen LogP contribution in [0.2, 0.25) is 0 Å². The van der Waals surface area contributed by atoms with Crippen LogP contribution in [0.3, 0.4) is 0 Å². The van der Waals surface area contributed by atoms with Gasteiger partial charge in [-0.15, -0.1) is 11.8 Å². The van der Waals surface area contributed by atoms with Crippen LogP contribution in [0.4, 0.5) is 0 Å². The molecular formula is C13H18O2S. The van der Waals surface area contributed by atoms with Crippen LogP contribution in [-0.2, 0) is 4.79 Å². The van der Waals surface area contributed by atoms with E-state index in [0.29, 0.717) is 0 Å². The first-order chi connectivity index (χ1) is 7.40. The molecule has 2 rings (SSSR count). The first kappa shape index (κ1) is 11.8. The third kappa shape index (κ3) is 1.45. The van der Waals surface area contributed by atoms with Gasteiger partial charge in [-0.2, -0.15) is 0 Å². The van der Waals surface area contributed by atoms with E-state index in [2.05, 4.69) is 20.4 Å². The highest BCUT2D eigenvalue weighted by Crippen LogP contribution is 2.68. The van der Waals surface area contributed by atoms with E-state index in [4.69, 9.17) is 5.11 Å². The van der Waals surface area contributed by atoms with Crippen LogP contribution in [-0.4, -0.2) is 15.8 Å². The molecule has 0 aromatic rings. The number of carboxylic acids is 1. The minimum absolute atomic E-state index is 0.0730. The molecule has 0 radical (unpaired) electrons. The van der Waals surface area contributed by atoms with E-state index in [1.165, 1.54) is 18.1 Å². The number of carboxylic acid groups (broad SMARTS) is 1. The largest absolute Gasteiger partial charge is 0.478 e. The number of carbonyl (C=O) groups is 1. The van der Waals surface area contributed by atoms with Crippen LogP contribution in [0.5, 0.6) is 0 Å². The van der Waals surface area contributed by atoms with Gasteiger partial charge in [0.05, 0.1) is 0 Å². The molecule has 0 amide bonds. The molecular weight excluding hydrogens is 220 g/mol. The summed E-state index contributed by atoms with van der Waals surface area (Å²) in [5, 5.41) is 10.4. The van der Waals surface area contributed by atoms with Gasteiger partial charge in [-0.25, -0.2) is 4.79 Å². The Balaban J connectivity index is 2.22. The van der Waals surface area contributed by atoms with Gasteiger partial charge >= 0.3 is 5.97 Å². The Morgan fingerprint density at radius 3 is 2.75 bits per heavy atom. The van der Waals surface area contributed by atoms with Gasteiger partial charge in [0.15, 0.2) is 0 Å². The lowest BCUT2D eigenvalue weighted by molar-refractivity contribution is -0.131. The second-order valence-electron chi connectivity index (χ2n) is 5.35. The molecule has 2 aliphatic carbocycles. The minimum atomic E-state index is -0.875. The number of fused-ring (bicyclic) bond motifs is 2. The molecule has 2 bridgehead atoms. The van der Waals surface area contributed by atoms with Gasteiger partial charge in [-0.05, 0) is 36.0 Å². The van der Waals surface area contributed by atoms with Crippen molar-refractivity contribution in [2.45, 2.75) is 37.9 Å². The van der Waals surface area contributed by atoms with E-state index in [0.717, 1.165) is 18.8 Å². The summed E-state index contributed by atoms with van der Waals surface area (Å²) in [4.78, 5) is 10.5. The molecule has 2 saturated carbocycles. The van der Waals surface area contributed by atoms with E-state index < -0.39 is 5.97 Å². The normalized spacial score (nSPS) is 36.1. The first-order valence-corrected chi connectivity index (χ1v) is 6.54. The summed E-state index contributed by atoms with van der Waals surface area (Å²) >= 11 is 1.66. The zero-order valence-corrected chi connectivity index (χ0v) is 10.6. The number of hydrogen-bond acceptors (Lipinski definition) is 2. The molecule has 0 aliphatic heterocycles. The summed E-state index contributed by atoms with van der Waals surface area (Å²) in [7, 11) is 0. The molecule has 0 spiro atoms. The summed E-state index contributed by atoms with van der Waals surface area (Å²) in [6, 6.07) is 0. The van der Waals surface area contributed by atoms with Gasteiger partial charge in [0, 0.05) is 10.8 Å². The molecule has 16 heavy (non-hydrogen) atoms. The number of hydrogen-bond donors (Lipinski definition) is 1. The molecule has 0 aromatic carbocycles. The quantitative estimate of drug-likeness (QED) is 0.604. The first-order valence-electron chi connectivity index (χ1n) is 5.66. The van der Waals surface area contributed by atoms with Gasteiger partial charge in [-0.1, -0.05) is 26.0 Å². The molecule has 88 valence electrons. The van der Waals surface area contributed by atoms with E-state index in [1.54, 1.807) is 17.2 Å². The van der Waals surface area contributed by atoms with E-state index in [-0.39, 0.29) is 10.2 Å². The summed E-state index contributed by atoms with van der Waals surface area (Å²) in [6.07, 6.45) is 4.73. The van der Waals surface area contributed by atoms with Crippen molar-refractivity contribution in [3.05, 3.63) is 23.6 Å². The number of rotatable bonds is 3. The Morgan fingerprint density at radius 1 is 1.62 bits per heavy atom. The second kappa shape index (κ2) is 3.66. The predicted octanol–water partition coefficient (Wildman–Crippen LogP) is 3.45. The molecule has 0 heterocycles. The molecule has 3 heteroatoms. The van der Waals surface area contributed by atoms with Crippen molar-refractivity contribution in [2.75, 3.05) is 0 Å². The maximum absolute atomic E-state index is 10.5. The van der Waals surface area contributed by atoms with Crippen molar-refractivity contribution in [1.29, 1.82) is 0 Å². The number of thioether (sulfide) groups is 1. The second-order valence-corrected chi connectivity index (χ2v) is 6.56. The average Bonchev–Trinajstić information content (AvgIpc) is 2.50. The van der Waals surface area contributed by atoms with E-state index in [1.807, 2.05) is 0 Å². The van der Waals surface area contributed by atoms with Crippen molar-refractivity contribution < 1.29 is 9.90 Å². The third-order valence-electron chi connectivity index (χ3n) is 4.45. The summed E-state index contributed by atoms with van der Waals surface area (Å²) in [5.41, 5.74) is 1.55. The maximum Gasteiger partial charge on any atom is 0.328 e. The fraction of sp³-hybridized carbons (Fsp3) is 0.615. The van der Waals surface area contributed by atoms with Crippen LogP contribution in [0.15, 0.2) is 23.6 Å². The predicted molar refractivity (Wildman–Crippen MR) is 67.4 cm³/mol. The van der Waals surface area contributed by atoms with Crippen LogP contribution in [0.25, 0.3) is 0 Å². The number of aliphatic carboxylic acids is 1. The smallest absolute Gasteiger partial charge is 0.328 e. The maximum atomic E-state index is 10.5. The highest BCUT2D eigenvalue weighted by molar-refractivity contribution is 8.03. The van der Waals surface area contributed by atoms with Crippen LogP contribution in [0.1, 0.15) is 33.1 Å². The SMILES string of the molecule is C=C1CC2CCC1(S/C=C/C(=O)O)C2(C)C. The zero-order valence-electron chi connectivity index (χ0n) is 9.82. The lowest BCUT2D eigenvalue weighted by atomic mass is 9.81. The van der Waals surface area contributed by atoms with Crippen LogP contribution < -0.4 is 0 Å². The van der Waals surface area contributed by atoms with Gasteiger partial charge in [0.1, 0.15) is 0 Å². The molecule has 1 N–H and O–H groups in total. The van der Waals surface area contributed by atoms with Gasteiger partial charge in [0.2, 0.25) is 0 Å². The molecule has 2 aliphatic rings. The molecule has 2 unspecified atom stereocenters. The zero-order chi connectivity index (χ0) is 12.0. The van der Waals surface area contributed by atoms with Crippen molar-refractivity contribution in [3.63, 3.8) is 0 Å². The molecule has 2 fully saturated rings. The fourth-order valence-electron chi connectivity index (χ4n) is 3.34. The van der Waals surface area contributed by atoms with Gasteiger partial charge in [0.25, 0.3) is 0 Å². The summed E-state index contributed by atoms with van der Waals surface area (Å²) in [6.45, 7) is 8.79. The van der Waals surface area contributed by atoms with Crippen LogP contribution in [0, 0.1) is 11.3 Å². The molecule has 0 saturated heterocycles. The lowest BCUT2D eigenvalue weighted by Crippen LogP contribution is -2.34. The van der Waals surface area contributed by atoms with E-state index >= 15 is 0 Å². The highest BCUT2D eigenvalue weighted by atomic mass is 32.2. The van der Waals surface area contributed by atoms with Gasteiger partial charge < -0.3 is 5.11 Å². The Kier molecular flexibility index (Phi) is 2.69. The molecule has 2 nitrogen and oxygen atoms in total. The van der Waals surface area contributed by atoms with Crippen molar-refractivity contribution >= 4 is 17.7 Å². The Hall–Kier alpha value is -0.700. The Bertz CT molecular complexity index is 370. The fourth-order valence-corrected chi connectivity index (χ4v) is 4.72. The Labute approximate surface area is 101 Å². The Morgan fingerprint density at radius 2 is 2.31 bits per heavy atom. The lowest BCUT2D eigenvalue weighted by Gasteiger charge is -2.37. The topological polar surface area (TPSA) is 37.3 Å². The minimum Gasteiger partial charge on any atom is -0.478 e. The van der Waals surface area contributed by atoms with Crippen molar-refractivity contribution in [3.8, 4) is 0 Å². The monoisotopic (exact) mass is 238 g/mol. The summed E-state index contributed by atoms with van der Waals surface area (Å²) in [5.74, 6) is -0.148. The third-order valence-corrected chi connectivity index (χ3v) is 6.14. The van der Waals surface area contributed by atoms with E-state index in [9.17, 15) is 4.79 Å². The van der Waals surface area contributed by atoms with Gasteiger partial charge in [-0.3, -0.25) is 0 Å². The highest BCUT2D eigenvalue weighted by Gasteiger charge is 2.60. The van der Waals surface area contributed by atoms with Crippen molar-refractivity contribution in [2.24, 2.45) is 11.3 Å². The molecule has 0 aromatic heterocycles. The average molecular weight is 238 g/mol. The summed E-state index contributed by atoms with van der Waals surface area (Å²) < 4.78 is 0.0730. The standard InChI is InChI=1S/C13H18O2S/c1-9-8-10-4-6-13(9,12(10,2)3)16-7-5-11(14)15/h5,7,10H,1,4,6,8H2,2-3H3,(H,14,15)/b7-5+. The van der Waals surface area contributed by atoms with Crippen molar-refractivity contribution in [1.82, 2.24) is 0 Å². The molecule has 2 atom stereocenters.